The van der Waals surface area contributed by atoms with Crippen LogP contribution in [0.4, 0.5) is 0 Å². The van der Waals surface area contributed by atoms with E-state index in [4.69, 9.17) is 0 Å². The molecule has 0 radical (unpaired) electrons. The molecule has 1 saturated heterocycles. The van der Waals surface area contributed by atoms with Crippen LogP contribution in [0.3, 0.4) is 0 Å². The molecule has 172 valence electrons. The van der Waals surface area contributed by atoms with Crippen molar-refractivity contribution in [3.05, 3.63) is 11.3 Å². The topological polar surface area (TPSA) is 90.0 Å². The predicted octanol–water partition coefficient (Wildman–Crippen LogP) is 1.66. The summed E-state index contributed by atoms with van der Waals surface area (Å²) in [6.07, 6.45) is 4.55. The summed E-state index contributed by atoms with van der Waals surface area (Å²) in [5, 5.41) is 2.96. The van der Waals surface area contributed by atoms with E-state index in [0.29, 0.717) is 56.7 Å². The molecule has 31 heavy (non-hydrogen) atoms. The Labute approximate surface area is 185 Å². The number of carbonyl (C=O) groups is 4. The van der Waals surface area contributed by atoms with E-state index in [9.17, 15) is 19.2 Å². The quantitative estimate of drug-likeness (QED) is 0.568. The fraction of sp³-hybridized carbons (Fsp3) is 0.739. The van der Waals surface area contributed by atoms with Crippen LogP contribution in [-0.2, 0) is 19.2 Å². The second kappa shape index (κ2) is 10.3. The molecule has 3 aliphatic rings. The van der Waals surface area contributed by atoms with E-state index in [1.54, 1.807) is 9.80 Å². The maximum Gasteiger partial charge on any atom is 0.251 e. The number of hydrogen-bond donors (Lipinski definition) is 1. The third kappa shape index (κ3) is 5.66. The Morgan fingerprint density at radius 2 is 1.84 bits per heavy atom. The van der Waals surface area contributed by atoms with E-state index in [-0.39, 0.29) is 36.1 Å². The van der Waals surface area contributed by atoms with Gasteiger partial charge in [0, 0.05) is 62.9 Å². The van der Waals surface area contributed by atoms with Crippen molar-refractivity contribution in [1.29, 1.82) is 0 Å². The molecule has 0 aromatic carbocycles. The van der Waals surface area contributed by atoms with Gasteiger partial charge in [0.1, 0.15) is 0 Å². The first-order chi connectivity index (χ1) is 14.8. The Balaban J connectivity index is 1.73. The number of nitrogens with one attached hydrogen (secondary N) is 1. The Kier molecular flexibility index (Phi) is 7.73. The van der Waals surface area contributed by atoms with Crippen LogP contribution in [0.15, 0.2) is 11.3 Å². The van der Waals surface area contributed by atoms with Crippen LogP contribution >= 0.6 is 0 Å². The third-order valence-electron chi connectivity index (χ3n) is 6.57. The highest BCUT2D eigenvalue weighted by Crippen LogP contribution is 2.31. The summed E-state index contributed by atoms with van der Waals surface area (Å²) in [5.74, 6) is -0.609. The van der Waals surface area contributed by atoms with Gasteiger partial charge in [0.05, 0.1) is 5.92 Å². The van der Waals surface area contributed by atoms with Crippen LogP contribution in [0.5, 0.6) is 0 Å². The molecule has 1 atom stereocenters. The molecule has 0 bridgehead atoms. The first kappa shape index (κ1) is 23.3. The number of nitrogens with zero attached hydrogens (tertiary/aromatic N) is 3. The second-order valence-electron chi connectivity index (χ2n) is 8.82. The molecular weight excluding hydrogens is 396 g/mol. The molecule has 0 aromatic heterocycles. The fourth-order valence-corrected chi connectivity index (χ4v) is 4.51. The molecule has 1 aliphatic carbocycles. The number of likely N-dealkylation sites (tertiary alicyclic amines) is 1. The molecule has 1 saturated carbocycles. The number of rotatable bonds is 10. The molecule has 2 fully saturated rings. The molecular formula is C23H36N4O4. The standard InChI is InChI=1S/C23H36N4O4/c1-4-25(5-2)23(31)19-14-17(15-20(28)24-18-9-10-18)22(30)27(16(19)3)13-7-12-26-11-6-8-21(26)29/h17-18H,4-15H2,1-3H3,(H,24,28). The van der Waals surface area contributed by atoms with Crippen LogP contribution in [-0.4, -0.2) is 77.1 Å². The van der Waals surface area contributed by atoms with Gasteiger partial charge in [0.25, 0.3) is 5.91 Å². The lowest BCUT2D eigenvalue weighted by Crippen LogP contribution is -2.45. The van der Waals surface area contributed by atoms with E-state index in [0.717, 1.165) is 25.8 Å². The van der Waals surface area contributed by atoms with E-state index in [1.165, 1.54) is 0 Å². The minimum absolute atomic E-state index is 0.0534. The average molecular weight is 433 g/mol. The Morgan fingerprint density at radius 3 is 2.42 bits per heavy atom. The smallest absolute Gasteiger partial charge is 0.251 e. The van der Waals surface area contributed by atoms with Gasteiger partial charge in [0.2, 0.25) is 17.7 Å². The number of likely N-dealkylation sites (N-methyl/N-ethyl adjacent to an activating group) is 1. The lowest BCUT2D eigenvalue weighted by molar-refractivity contribution is -0.138. The van der Waals surface area contributed by atoms with Crippen molar-refractivity contribution in [2.24, 2.45) is 5.92 Å². The molecule has 1 N–H and O–H groups in total. The van der Waals surface area contributed by atoms with E-state index >= 15 is 0 Å². The van der Waals surface area contributed by atoms with Crippen LogP contribution in [0.2, 0.25) is 0 Å². The molecule has 8 heteroatoms. The van der Waals surface area contributed by atoms with Gasteiger partial charge in [-0.3, -0.25) is 19.2 Å². The predicted molar refractivity (Wildman–Crippen MR) is 117 cm³/mol. The SMILES string of the molecule is CCN(CC)C(=O)C1=C(C)N(CCCN2CCCC2=O)C(=O)C(CC(=O)NC2CC2)C1. The zero-order valence-electron chi connectivity index (χ0n) is 19.1. The van der Waals surface area contributed by atoms with Crippen molar-refractivity contribution in [1.82, 2.24) is 20.0 Å². The number of hydrogen-bond acceptors (Lipinski definition) is 4. The van der Waals surface area contributed by atoms with Gasteiger partial charge in [0.15, 0.2) is 0 Å². The summed E-state index contributed by atoms with van der Waals surface area (Å²) in [4.78, 5) is 56.0. The van der Waals surface area contributed by atoms with Gasteiger partial charge in [-0.2, -0.15) is 0 Å². The first-order valence-corrected chi connectivity index (χ1v) is 11.7. The van der Waals surface area contributed by atoms with Crippen molar-refractivity contribution >= 4 is 23.6 Å². The zero-order valence-corrected chi connectivity index (χ0v) is 19.1. The molecule has 0 spiro atoms. The lowest BCUT2D eigenvalue weighted by Gasteiger charge is -2.36. The number of amides is 4. The van der Waals surface area contributed by atoms with Crippen LogP contribution < -0.4 is 5.32 Å². The van der Waals surface area contributed by atoms with Gasteiger partial charge in [-0.05, 0) is 52.9 Å². The van der Waals surface area contributed by atoms with Gasteiger partial charge in [-0.25, -0.2) is 0 Å². The molecule has 8 nitrogen and oxygen atoms in total. The molecule has 1 unspecified atom stereocenters. The van der Waals surface area contributed by atoms with Crippen molar-refractivity contribution in [3.63, 3.8) is 0 Å². The van der Waals surface area contributed by atoms with Crippen LogP contribution in [0.25, 0.3) is 0 Å². The Bertz CT molecular complexity index is 755. The van der Waals surface area contributed by atoms with Crippen LogP contribution in [0, 0.1) is 5.92 Å². The number of carbonyl (C=O) groups excluding carboxylic acids is 4. The fourth-order valence-electron chi connectivity index (χ4n) is 4.51. The monoisotopic (exact) mass is 432 g/mol. The summed E-state index contributed by atoms with van der Waals surface area (Å²) >= 11 is 0. The molecule has 2 aliphatic heterocycles. The summed E-state index contributed by atoms with van der Waals surface area (Å²) in [7, 11) is 0. The molecule has 3 rings (SSSR count). The maximum atomic E-state index is 13.2. The minimum atomic E-state index is -0.523. The first-order valence-electron chi connectivity index (χ1n) is 11.7. The van der Waals surface area contributed by atoms with Gasteiger partial charge in [-0.1, -0.05) is 0 Å². The largest absolute Gasteiger partial charge is 0.353 e. The maximum absolute atomic E-state index is 13.2. The number of allylic oxidation sites excluding steroid dienone is 1. The Hall–Kier alpha value is -2.38. The molecule has 4 amide bonds. The normalized spacial score (nSPS) is 21.7. The van der Waals surface area contributed by atoms with Gasteiger partial charge in [-0.15, -0.1) is 0 Å². The van der Waals surface area contributed by atoms with E-state index < -0.39 is 5.92 Å². The Morgan fingerprint density at radius 1 is 1.13 bits per heavy atom. The summed E-state index contributed by atoms with van der Waals surface area (Å²) in [5.41, 5.74) is 1.32. The highest BCUT2D eigenvalue weighted by atomic mass is 16.2. The summed E-state index contributed by atoms with van der Waals surface area (Å²) in [6.45, 7) is 8.75. The van der Waals surface area contributed by atoms with Crippen molar-refractivity contribution in [2.45, 2.75) is 71.8 Å². The van der Waals surface area contributed by atoms with Crippen molar-refractivity contribution in [3.8, 4) is 0 Å². The van der Waals surface area contributed by atoms with Gasteiger partial charge < -0.3 is 20.0 Å². The molecule has 0 aromatic rings. The van der Waals surface area contributed by atoms with E-state index in [2.05, 4.69) is 5.32 Å². The molecule has 2 heterocycles. The third-order valence-corrected chi connectivity index (χ3v) is 6.57. The summed E-state index contributed by atoms with van der Waals surface area (Å²) < 4.78 is 0. The van der Waals surface area contributed by atoms with Gasteiger partial charge >= 0.3 is 0 Å². The summed E-state index contributed by atoms with van der Waals surface area (Å²) in [6, 6.07) is 0.245. The lowest BCUT2D eigenvalue weighted by atomic mass is 9.88. The van der Waals surface area contributed by atoms with Crippen LogP contribution in [0.1, 0.15) is 65.7 Å². The van der Waals surface area contributed by atoms with Crippen molar-refractivity contribution in [2.75, 3.05) is 32.7 Å². The average Bonchev–Trinajstić information content (AvgIpc) is 3.46. The highest BCUT2D eigenvalue weighted by Gasteiger charge is 2.38. The second-order valence-corrected chi connectivity index (χ2v) is 8.82. The highest BCUT2D eigenvalue weighted by molar-refractivity contribution is 5.98. The van der Waals surface area contributed by atoms with E-state index in [1.807, 2.05) is 25.7 Å². The van der Waals surface area contributed by atoms with Crippen molar-refractivity contribution < 1.29 is 19.2 Å². The minimum Gasteiger partial charge on any atom is -0.353 e. The zero-order chi connectivity index (χ0) is 22.5.